The second-order valence-corrected chi connectivity index (χ2v) is 3.63. The fraction of sp³-hybridized carbons (Fsp3) is 0.250. The summed E-state index contributed by atoms with van der Waals surface area (Å²) in [7, 11) is 0. The van der Waals surface area contributed by atoms with Crippen LogP contribution in [0.4, 0.5) is 5.13 Å². The van der Waals surface area contributed by atoms with E-state index in [1.165, 1.54) is 16.2 Å². The number of anilines is 1. The average Bonchev–Trinajstić information content (AvgIpc) is 2.50. The predicted octanol–water partition coefficient (Wildman–Crippen LogP) is 1.32. The molecular weight excluding hydrogens is 224 g/mol. The second-order valence-electron chi connectivity index (χ2n) is 2.41. The lowest BCUT2D eigenvalue weighted by molar-refractivity contribution is -0.135. The first kappa shape index (κ1) is 10.8. The number of aromatic nitrogens is 1. The van der Waals surface area contributed by atoms with Crippen molar-refractivity contribution in [2.24, 2.45) is 0 Å². The second kappa shape index (κ2) is 4.84. The van der Waals surface area contributed by atoms with Gasteiger partial charge in [-0.3, -0.25) is 4.79 Å². The van der Waals surface area contributed by atoms with Crippen LogP contribution in [-0.4, -0.2) is 29.1 Å². The van der Waals surface area contributed by atoms with Crippen LogP contribution in [0.1, 0.15) is 0 Å². The van der Waals surface area contributed by atoms with E-state index in [0.29, 0.717) is 10.3 Å². The molecule has 0 spiro atoms. The molecule has 0 amide bonds. The highest BCUT2D eigenvalue weighted by Crippen LogP contribution is 2.22. The van der Waals surface area contributed by atoms with E-state index in [2.05, 4.69) is 10.9 Å². The van der Waals surface area contributed by atoms with Crippen molar-refractivity contribution in [2.45, 2.75) is 0 Å². The third kappa shape index (κ3) is 2.91. The van der Waals surface area contributed by atoms with Crippen molar-refractivity contribution < 1.29 is 9.90 Å². The smallest absolute Gasteiger partial charge is 0.323 e. The lowest BCUT2D eigenvalue weighted by Crippen LogP contribution is -2.29. The molecule has 1 N–H and O–H groups in total. The van der Waals surface area contributed by atoms with Gasteiger partial charge in [-0.15, -0.1) is 17.8 Å². The number of nitrogens with zero attached hydrogens (tertiary/aromatic N) is 2. The molecule has 0 atom stereocenters. The van der Waals surface area contributed by atoms with E-state index in [1.807, 2.05) is 0 Å². The van der Waals surface area contributed by atoms with Crippen molar-refractivity contribution in [3.8, 4) is 12.3 Å². The Bertz CT molecular complexity index is 372. The molecule has 0 radical (unpaired) electrons. The van der Waals surface area contributed by atoms with Gasteiger partial charge in [0, 0.05) is 5.38 Å². The number of rotatable bonds is 4. The van der Waals surface area contributed by atoms with E-state index < -0.39 is 5.97 Å². The van der Waals surface area contributed by atoms with Crippen LogP contribution in [0.15, 0.2) is 5.38 Å². The monoisotopic (exact) mass is 230 g/mol. The topological polar surface area (TPSA) is 53.4 Å². The van der Waals surface area contributed by atoms with Gasteiger partial charge in [-0.2, -0.15) is 0 Å². The van der Waals surface area contributed by atoms with Crippen molar-refractivity contribution in [3.63, 3.8) is 0 Å². The fourth-order valence-corrected chi connectivity index (χ4v) is 1.80. The molecule has 0 aliphatic carbocycles. The van der Waals surface area contributed by atoms with E-state index in [4.69, 9.17) is 23.1 Å². The fourth-order valence-electron chi connectivity index (χ4n) is 0.855. The molecule has 1 heterocycles. The quantitative estimate of drug-likeness (QED) is 0.793. The summed E-state index contributed by atoms with van der Waals surface area (Å²) in [4.78, 5) is 15.9. The molecule has 1 rings (SSSR count). The van der Waals surface area contributed by atoms with Crippen LogP contribution < -0.4 is 4.90 Å². The van der Waals surface area contributed by atoms with Crippen LogP contribution in [0.2, 0.25) is 5.15 Å². The maximum absolute atomic E-state index is 10.5. The van der Waals surface area contributed by atoms with Gasteiger partial charge in [0.15, 0.2) is 5.13 Å². The van der Waals surface area contributed by atoms with Crippen LogP contribution in [0.25, 0.3) is 0 Å². The molecule has 1 aromatic rings. The Hall–Kier alpha value is -1.25. The van der Waals surface area contributed by atoms with E-state index in [9.17, 15) is 4.79 Å². The molecule has 0 aliphatic rings. The van der Waals surface area contributed by atoms with Crippen LogP contribution in [0.5, 0.6) is 0 Å². The molecule has 14 heavy (non-hydrogen) atoms. The first-order chi connectivity index (χ1) is 6.63. The van der Waals surface area contributed by atoms with Gasteiger partial charge in [0.1, 0.15) is 11.7 Å². The van der Waals surface area contributed by atoms with E-state index in [-0.39, 0.29) is 13.1 Å². The van der Waals surface area contributed by atoms with Gasteiger partial charge >= 0.3 is 5.97 Å². The molecule has 6 heteroatoms. The van der Waals surface area contributed by atoms with Crippen molar-refractivity contribution >= 4 is 34.0 Å². The Morgan fingerprint density at radius 1 is 1.86 bits per heavy atom. The molecule has 0 saturated carbocycles. The van der Waals surface area contributed by atoms with Crippen molar-refractivity contribution in [3.05, 3.63) is 10.5 Å². The number of carbonyl (C=O) groups is 1. The normalized spacial score (nSPS) is 9.43. The van der Waals surface area contributed by atoms with E-state index in [1.54, 1.807) is 5.38 Å². The van der Waals surface area contributed by atoms with Gasteiger partial charge in [0.2, 0.25) is 0 Å². The summed E-state index contributed by atoms with van der Waals surface area (Å²) in [5.41, 5.74) is 0. The number of hydrogen-bond donors (Lipinski definition) is 1. The number of carboxylic acid groups (broad SMARTS) is 1. The molecule has 4 nitrogen and oxygen atoms in total. The minimum Gasteiger partial charge on any atom is -0.480 e. The Kier molecular flexibility index (Phi) is 3.74. The van der Waals surface area contributed by atoms with Gasteiger partial charge in [-0.1, -0.05) is 17.5 Å². The molecule has 0 unspecified atom stereocenters. The van der Waals surface area contributed by atoms with Gasteiger partial charge in [0.25, 0.3) is 0 Å². The molecule has 0 bridgehead atoms. The lowest BCUT2D eigenvalue weighted by Gasteiger charge is -2.15. The molecular formula is C8H7ClN2O2S. The molecule has 0 fully saturated rings. The zero-order valence-corrected chi connectivity index (χ0v) is 8.68. The summed E-state index contributed by atoms with van der Waals surface area (Å²) in [6.45, 7) is 0.0319. The summed E-state index contributed by atoms with van der Waals surface area (Å²) >= 11 is 6.88. The molecule has 74 valence electrons. The molecule has 0 aromatic carbocycles. The summed E-state index contributed by atoms with van der Waals surface area (Å²) in [5.74, 6) is 1.41. The number of carboxylic acids is 1. The zero-order chi connectivity index (χ0) is 10.6. The molecule has 1 aromatic heterocycles. The highest BCUT2D eigenvalue weighted by Gasteiger charge is 2.12. The summed E-state index contributed by atoms with van der Waals surface area (Å²) in [5, 5.41) is 11.1. The first-order valence-corrected chi connectivity index (χ1v) is 4.90. The third-order valence-electron chi connectivity index (χ3n) is 1.34. The minimum atomic E-state index is -0.952. The third-order valence-corrected chi connectivity index (χ3v) is 2.57. The highest BCUT2D eigenvalue weighted by molar-refractivity contribution is 7.14. The number of halogens is 1. The largest absolute Gasteiger partial charge is 0.480 e. The zero-order valence-electron chi connectivity index (χ0n) is 7.11. The predicted molar refractivity (Wildman–Crippen MR) is 55.8 cm³/mol. The Labute approximate surface area is 90.1 Å². The maximum Gasteiger partial charge on any atom is 0.323 e. The van der Waals surface area contributed by atoms with Crippen LogP contribution >= 0.6 is 22.9 Å². The van der Waals surface area contributed by atoms with Crippen LogP contribution in [0.3, 0.4) is 0 Å². The lowest BCUT2D eigenvalue weighted by atomic mass is 10.5. The van der Waals surface area contributed by atoms with Gasteiger partial charge < -0.3 is 10.0 Å². The summed E-state index contributed by atoms with van der Waals surface area (Å²) < 4.78 is 0. The van der Waals surface area contributed by atoms with Gasteiger partial charge in [-0.05, 0) is 0 Å². The number of hydrogen-bond acceptors (Lipinski definition) is 4. The Balaban J connectivity index is 2.78. The standard InChI is InChI=1S/C8H7ClN2O2S/c1-2-3-11(4-7(12)13)8-10-6(9)5-14-8/h1,5H,3-4H2,(H,12,13). The van der Waals surface area contributed by atoms with Crippen LogP contribution in [0, 0.1) is 12.3 Å². The number of thiazole rings is 1. The van der Waals surface area contributed by atoms with Crippen molar-refractivity contribution in [1.29, 1.82) is 0 Å². The molecule has 0 saturated heterocycles. The van der Waals surface area contributed by atoms with Gasteiger partial charge in [0.05, 0.1) is 6.54 Å². The van der Waals surface area contributed by atoms with E-state index >= 15 is 0 Å². The molecule has 0 aliphatic heterocycles. The number of terminal acetylenes is 1. The summed E-state index contributed by atoms with van der Waals surface area (Å²) in [6, 6.07) is 0. The minimum absolute atomic E-state index is 0.173. The van der Waals surface area contributed by atoms with Gasteiger partial charge in [-0.25, -0.2) is 4.98 Å². The Morgan fingerprint density at radius 3 is 3.00 bits per heavy atom. The summed E-state index contributed by atoms with van der Waals surface area (Å²) in [6.07, 6.45) is 5.11. The first-order valence-electron chi connectivity index (χ1n) is 3.64. The van der Waals surface area contributed by atoms with Crippen molar-refractivity contribution in [1.82, 2.24) is 4.98 Å². The van der Waals surface area contributed by atoms with E-state index in [0.717, 1.165) is 0 Å². The maximum atomic E-state index is 10.5. The van der Waals surface area contributed by atoms with Crippen LogP contribution in [-0.2, 0) is 4.79 Å². The van der Waals surface area contributed by atoms with Crippen molar-refractivity contribution in [2.75, 3.05) is 18.0 Å². The average molecular weight is 231 g/mol. The number of aliphatic carboxylic acids is 1. The highest BCUT2D eigenvalue weighted by atomic mass is 35.5. The Morgan fingerprint density at radius 2 is 2.57 bits per heavy atom. The SMILES string of the molecule is C#CCN(CC(=O)O)c1nc(Cl)cs1.